The largest absolute Gasteiger partial charge is 0.356 e. The van der Waals surface area contributed by atoms with Crippen molar-refractivity contribution in [3.63, 3.8) is 0 Å². The Morgan fingerprint density at radius 3 is 2.66 bits per heavy atom. The van der Waals surface area contributed by atoms with Crippen LogP contribution in [-0.2, 0) is 16.0 Å². The van der Waals surface area contributed by atoms with Crippen LogP contribution in [0.25, 0.3) is 0 Å². The van der Waals surface area contributed by atoms with Crippen molar-refractivity contribution in [2.24, 2.45) is 11.8 Å². The highest BCUT2D eigenvalue weighted by atomic mass is 35.5. The van der Waals surface area contributed by atoms with Crippen LogP contribution in [0.4, 0.5) is 0 Å². The third kappa shape index (κ3) is 4.26. The van der Waals surface area contributed by atoms with Crippen molar-refractivity contribution in [1.82, 2.24) is 26.6 Å². The van der Waals surface area contributed by atoms with Crippen LogP contribution in [0.3, 0.4) is 0 Å². The molecule has 5 unspecified atom stereocenters. The van der Waals surface area contributed by atoms with E-state index in [1.807, 2.05) is 42.5 Å². The molecule has 2 amide bonds. The quantitative estimate of drug-likeness (QED) is 0.558. The van der Waals surface area contributed by atoms with Crippen molar-refractivity contribution in [2.75, 3.05) is 6.54 Å². The Bertz CT molecular complexity index is 970. The Hall–Kier alpha value is -2.45. The summed E-state index contributed by atoms with van der Waals surface area (Å²) >= 11 is 6.03. The SMILES string of the molecule is O=C(NCCc1ccccc1)C1CCC2C(=O)NC3C(c4ccc(Cl)cc4)NNN3C2C1. The van der Waals surface area contributed by atoms with Gasteiger partial charge in [0.15, 0.2) is 0 Å². The summed E-state index contributed by atoms with van der Waals surface area (Å²) in [5.74, 6) is -0.0418. The molecule has 7 nitrogen and oxygen atoms in total. The first-order chi connectivity index (χ1) is 15.6. The third-order valence-electron chi connectivity index (χ3n) is 6.92. The van der Waals surface area contributed by atoms with Gasteiger partial charge in [-0.1, -0.05) is 54.1 Å². The standard InChI is InChI=1S/C24H28ClN5O2/c25-18-9-6-16(7-10-18)21-22-27-24(32)19-11-8-17(14-20(19)30(22)29-28-21)23(31)26-13-12-15-4-2-1-3-5-15/h1-7,9-10,17,19-22,28-29H,8,11-14H2,(H,26,31)(H,27,32). The van der Waals surface area contributed by atoms with Gasteiger partial charge < -0.3 is 10.6 Å². The van der Waals surface area contributed by atoms with Gasteiger partial charge in [-0.3, -0.25) is 9.59 Å². The van der Waals surface area contributed by atoms with Crippen LogP contribution in [-0.4, -0.2) is 35.6 Å². The average Bonchev–Trinajstić information content (AvgIpc) is 3.24. The smallest absolute Gasteiger partial charge is 0.226 e. The zero-order chi connectivity index (χ0) is 22.1. The maximum absolute atomic E-state index is 12.9. The molecule has 2 aromatic carbocycles. The summed E-state index contributed by atoms with van der Waals surface area (Å²) in [5, 5.41) is 9.04. The average molecular weight is 454 g/mol. The number of halogens is 1. The van der Waals surface area contributed by atoms with Crippen LogP contribution < -0.4 is 21.6 Å². The van der Waals surface area contributed by atoms with E-state index in [0.29, 0.717) is 24.4 Å². The van der Waals surface area contributed by atoms with Gasteiger partial charge in [0.2, 0.25) is 11.8 Å². The van der Waals surface area contributed by atoms with Crippen molar-refractivity contribution in [3.05, 3.63) is 70.7 Å². The topological polar surface area (TPSA) is 85.5 Å². The molecule has 3 aliphatic rings. The number of carbonyl (C=O) groups excluding carboxylic acids is 2. The van der Waals surface area contributed by atoms with Gasteiger partial charge in [-0.25, -0.2) is 10.4 Å². The molecular formula is C24H28ClN5O2. The Kier molecular flexibility index (Phi) is 6.15. The number of nitrogens with zero attached hydrogens (tertiary/aromatic N) is 1. The number of hydrogen-bond acceptors (Lipinski definition) is 5. The highest BCUT2D eigenvalue weighted by Gasteiger charge is 2.51. The molecule has 0 bridgehead atoms. The molecule has 0 spiro atoms. The molecule has 32 heavy (non-hydrogen) atoms. The summed E-state index contributed by atoms with van der Waals surface area (Å²) in [6.45, 7) is 0.624. The van der Waals surface area contributed by atoms with Gasteiger partial charge in [0.05, 0.1) is 12.0 Å². The molecule has 1 aliphatic carbocycles. The van der Waals surface area contributed by atoms with Crippen LogP contribution in [0, 0.1) is 11.8 Å². The number of rotatable bonds is 5. The van der Waals surface area contributed by atoms with Crippen LogP contribution in [0.5, 0.6) is 0 Å². The van der Waals surface area contributed by atoms with Crippen LogP contribution in [0.1, 0.15) is 36.4 Å². The second-order valence-electron chi connectivity index (χ2n) is 8.86. The molecule has 1 saturated carbocycles. The van der Waals surface area contributed by atoms with Gasteiger partial charge in [-0.2, -0.15) is 5.53 Å². The van der Waals surface area contributed by atoms with Gasteiger partial charge in [-0.05, 0) is 48.9 Å². The van der Waals surface area contributed by atoms with Gasteiger partial charge >= 0.3 is 0 Å². The normalized spacial score (nSPS) is 29.7. The summed E-state index contributed by atoms with van der Waals surface area (Å²) in [7, 11) is 0. The number of hydrazine groups is 2. The molecule has 2 saturated heterocycles. The van der Waals surface area contributed by atoms with E-state index >= 15 is 0 Å². The van der Waals surface area contributed by atoms with E-state index in [0.717, 1.165) is 18.4 Å². The first-order valence-electron chi connectivity index (χ1n) is 11.3. The number of hydrogen-bond donors (Lipinski definition) is 4. The number of benzene rings is 2. The minimum Gasteiger partial charge on any atom is -0.356 e. The lowest BCUT2D eigenvalue weighted by Crippen LogP contribution is -2.65. The Morgan fingerprint density at radius 1 is 1.09 bits per heavy atom. The fourth-order valence-corrected chi connectivity index (χ4v) is 5.33. The fourth-order valence-electron chi connectivity index (χ4n) is 5.20. The number of nitrogens with one attached hydrogen (secondary N) is 4. The molecule has 5 rings (SSSR count). The first-order valence-corrected chi connectivity index (χ1v) is 11.6. The van der Waals surface area contributed by atoms with Crippen molar-refractivity contribution >= 4 is 23.4 Å². The van der Waals surface area contributed by atoms with Gasteiger partial charge in [-0.15, -0.1) is 0 Å². The van der Waals surface area contributed by atoms with Crippen molar-refractivity contribution in [1.29, 1.82) is 0 Å². The molecule has 4 N–H and O–H groups in total. The molecule has 3 fully saturated rings. The third-order valence-corrected chi connectivity index (χ3v) is 7.17. The minimum atomic E-state index is -0.218. The summed E-state index contributed by atoms with van der Waals surface area (Å²) in [6.07, 6.45) is 2.70. The van der Waals surface area contributed by atoms with Crippen LogP contribution >= 0.6 is 11.6 Å². The molecule has 0 radical (unpaired) electrons. The van der Waals surface area contributed by atoms with Gasteiger partial charge in [0.1, 0.15) is 6.17 Å². The van der Waals surface area contributed by atoms with Gasteiger partial charge in [0, 0.05) is 23.5 Å². The molecule has 168 valence electrons. The van der Waals surface area contributed by atoms with E-state index in [4.69, 9.17) is 11.6 Å². The van der Waals surface area contributed by atoms with Gasteiger partial charge in [0.25, 0.3) is 0 Å². The van der Waals surface area contributed by atoms with E-state index < -0.39 is 0 Å². The Labute approximate surface area is 192 Å². The highest BCUT2D eigenvalue weighted by molar-refractivity contribution is 6.30. The zero-order valence-electron chi connectivity index (χ0n) is 17.8. The predicted octanol–water partition coefficient (Wildman–Crippen LogP) is 2.31. The summed E-state index contributed by atoms with van der Waals surface area (Å²) in [4.78, 5) is 25.8. The molecule has 5 atom stereocenters. The fraction of sp³-hybridized carbons (Fsp3) is 0.417. The molecule has 2 aromatic rings. The van der Waals surface area contributed by atoms with Crippen molar-refractivity contribution < 1.29 is 9.59 Å². The lowest BCUT2D eigenvalue weighted by molar-refractivity contribution is -0.143. The zero-order valence-corrected chi connectivity index (χ0v) is 18.5. The van der Waals surface area contributed by atoms with E-state index in [1.54, 1.807) is 0 Å². The number of fused-ring (bicyclic) bond motifs is 3. The van der Waals surface area contributed by atoms with E-state index in [9.17, 15) is 9.59 Å². The lowest BCUT2D eigenvalue weighted by Gasteiger charge is -2.46. The first kappa shape index (κ1) is 21.4. The summed E-state index contributed by atoms with van der Waals surface area (Å²) in [6, 6.07) is 17.7. The monoisotopic (exact) mass is 453 g/mol. The maximum atomic E-state index is 12.9. The molecular weight excluding hydrogens is 426 g/mol. The lowest BCUT2D eigenvalue weighted by atomic mass is 9.75. The predicted molar refractivity (Wildman–Crippen MR) is 122 cm³/mol. The van der Waals surface area contributed by atoms with Crippen LogP contribution in [0.15, 0.2) is 54.6 Å². The Balaban J connectivity index is 1.23. The minimum absolute atomic E-state index is 0.0304. The molecule has 8 heteroatoms. The summed E-state index contributed by atoms with van der Waals surface area (Å²) in [5.41, 5.74) is 8.82. The Morgan fingerprint density at radius 2 is 1.88 bits per heavy atom. The molecule has 0 aromatic heterocycles. The number of carbonyl (C=O) groups is 2. The second-order valence-corrected chi connectivity index (χ2v) is 9.29. The van der Waals surface area contributed by atoms with E-state index in [1.165, 1.54) is 5.56 Å². The maximum Gasteiger partial charge on any atom is 0.226 e. The van der Waals surface area contributed by atoms with E-state index in [2.05, 4.69) is 38.7 Å². The summed E-state index contributed by atoms with van der Waals surface area (Å²) < 4.78 is 0. The molecule has 2 heterocycles. The van der Waals surface area contributed by atoms with Crippen molar-refractivity contribution in [2.45, 2.75) is 43.9 Å². The number of amides is 2. The van der Waals surface area contributed by atoms with Crippen LogP contribution in [0.2, 0.25) is 5.02 Å². The second kappa shape index (κ2) is 9.19. The van der Waals surface area contributed by atoms with Crippen molar-refractivity contribution in [3.8, 4) is 0 Å². The highest BCUT2D eigenvalue weighted by Crippen LogP contribution is 2.38. The molecule has 2 aliphatic heterocycles. The van der Waals surface area contributed by atoms with E-state index in [-0.39, 0.29) is 41.9 Å².